The molecule has 0 unspecified atom stereocenters. The minimum atomic E-state index is 0.0451. The first-order valence-corrected chi connectivity index (χ1v) is 8.57. The Bertz CT molecular complexity index is 402. The summed E-state index contributed by atoms with van der Waals surface area (Å²) in [5, 5.41) is 4.41. The lowest BCUT2D eigenvalue weighted by Gasteiger charge is -2.30. The molecule has 1 saturated heterocycles. The summed E-state index contributed by atoms with van der Waals surface area (Å²) >= 11 is 1.49. The number of aromatic nitrogens is 2. The maximum Gasteiger partial charge on any atom is 0.202 e. The summed E-state index contributed by atoms with van der Waals surface area (Å²) in [5.41, 5.74) is 0.0451. The third-order valence-corrected chi connectivity index (χ3v) is 4.75. The summed E-state index contributed by atoms with van der Waals surface area (Å²) < 4.78 is 4.44. The lowest BCUT2D eigenvalue weighted by atomic mass is 9.93. The summed E-state index contributed by atoms with van der Waals surface area (Å²) in [7, 11) is 0. The van der Waals surface area contributed by atoms with Crippen LogP contribution >= 0.6 is 11.5 Å². The maximum absolute atomic E-state index is 4.58. The minimum Gasteiger partial charge on any atom is -0.360 e. The molecule has 0 aromatic carbocycles. The average Bonchev–Trinajstić information content (AvgIpc) is 2.88. The van der Waals surface area contributed by atoms with E-state index in [0.29, 0.717) is 0 Å². The fraction of sp³-hybridized carbons (Fsp3) is 0.867. The lowest BCUT2D eigenvalue weighted by molar-refractivity contribution is 0.189. The molecule has 114 valence electrons. The summed E-state index contributed by atoms with van der Waals surface area (Å²) in [5.74, 6) is 1.82. The number of nitrogens with zero attached hydrogens (tertiary/aromatic N) is 3. The van der Waals surface area contributed by atoms with Crippen LogP contribution in [-0.4, -0.2) is 40.4 Å². The van der Waals surface area contributed by atoms with Crippen molar-refractivity contribution in [2.75, 3.05) is 31.5 Å². The standard InChI is InChI=1S/C15H28N4S/c1-5-19-10-7-12(8-11-19)6-9-16-14-17-13(18-20-14)15(2,3)4/h12H,5-11H2,1-4H3,(H,16,17,18). The van der Waals surface area contributed by atoms with Crippen LogP contribution in [0.4, 0.5) is 5.13 Å². The second-order valence-electron chi connectivity index (χ2n) is 6.77. The smallest absolute Gasteiger partial charge is 0.202 e. The molecule has 0 amide bonds. The first-order valence-electron chi connectivity index (χ1n) is 7.79. The van der Waals surface area contributed by atoms with Gasteiger partial charge in [0.05, 0.1) is 0 Å². The highest BCUT2D eigenvalue weighted by Crippen LogP contribution is 2.24. The highest BCUT2D eigenvalue weighted by Gasteiger charge is 2.20. The highest BCUT2D eigenvalue weighted by atomic mass is 32.1. The monoisotopic (exact) mass is 296 g/mol. The Kier molecular flexibility index (Phi) is 5.38. The Hall–Kier alpha value is -0.680. The third-order valence-electron chi connectivity index (χ3n) is 4.08. The molecule has 0 bridgehead atoms. The number of piperidine rings is 1. The van der Waals surface area contributed by atoms with Gasteiger partial charge in [-0.15, -0.1) is 0 Å². The zero-order chi connectivity index (χ0) is 14.6. The van der Waals surface area contributed by atoms with Crippen LogP contribution in [0.25, 0.3) is 0 Å². The Morgan fingerprint density at radius 2 is 2.00 bits per heavy atom. The van der Waals surface area contributed by atoms with Gasteiger partial charge >= 0.3 is 0 Å². The summed E-state index contributed by atoms with van der Waals surface area (Å²) in [4.78, 5) is 7.12. The molecule has 2 rings (SSSR count). The third kappa shape index (κ3) is 4.42. The van der Waals surface area contributed by atoms with Crippen molar-refractivity contribution in [2.24, 2.45) is 5.92 Å². The van der Waals surface area contributed by atoms with Gasteiger partial charge in [-0.3, -0.25) is 0 Å². The van der Waals surface area contributed by atoms with Crippen molar-refractivity contribution in [1.29, 1.82) is 0 Å². The SMILES string of the molecule is CCN1CCC(CCNc2nc(C(C)(C)C)ns2)CC1. The fourth-order valence-electron chi connectivity index (χ4n) is 2.57. The molecular weight excluding hydrogens is 268 g/mol. The first kappa shape index (κ1) is 15.7. The van der Waals surface area contributed by atoms with Gasteiger partial charge in [-0.05, 0) is 44.8 Å². The van der Waals surface area contributed by atoms with E-state index >= 15 is 0 Å². The van der Waals surface area contributed by atoms with Crippen molar-refractivity contribution in [1.82, 2.24) is 14.3 Å². The van der Waals surface area contributed by atoms with Gasteiger partial charge in [-0.2, -0.15) is 4.37 Å². The summed E-state index contributed by atoms with van der Waals surface area (Å²) in [6, 6.07) is 0. The van der Waals surface area contributed by atoms with Gasteiger partial charge in [-0.25, -0.2) is 4.98 Å². The lowest BCUT2D eigenvalue weighted by Crippen LogP contribution is -2.33. The molecular formula is C15H28N4S. The minimum absolute atomic E-state index is 0.0451. The van der Waals surface area contributed by atoms with Gasteiger partial charge < -0.3 is 10.2 Å². The summed E-state index contributed by atoms with van der Waals surface area (Å²) in [6.07, 6.45) is 3.94. The molecule has 0 saturated carbocycles. The Balaban J connectivity index is 1.70. The van der Waals surface area contributed by atoms with Crippen LogP contribution in [0.5, 0.6) is 0 Å². The van der Waals surface area contributed by atoms with E-state index in [1.165, 1.54) is 50.4 Å². The average molecular weight is 296 g/mol. The molecule has 1 aromatic rings. The maximum atomic E-state index is 4.58. The Labute approximate surface area is 127 Å². The number of hydrogen-bond donors (Lipinski definition) is 1. The molecule has 0 aliphatic carbocycles. The van der Waals surface area contributed by atoms with Crippen molar-refractivity contribution >= 4 is 16.7 Å². The van der Waals surface area contributed by atoms with Crippen LogP contribution in [0.15, 0.2) is 0 Å². The van der Waals surface area contributed by atoms with Gasteiger partial charge in [0.2, 0.25) is 5.13 Å². The number of rotatable bonds is 5. The zero-order valence-electron chi connectivity index (χ0n) is 13.3. The fourth-order valence-corrected chi connectivity index (χ4v) is 3.36. The van der Waals surface area contributed by atoms with Crippen LogP contribution in [-0.2, 0) is 5.41 Å². The molecule has 0 radical (unpaired) electrons. The topological polar surface area (TPSA) is 41.0 Å². The van der Waals surface area contributed by atoms with Gasteiger partial charge in [0.25, 0.3) is 0 Å². The first-order chi connectivity index (χ1) is 9.49. The number of hydrogen-bond acceptors (Lipinski definition) is 5. The van der Waals surface area contributed by atoms with E-state index in [2.05, 4.69) is 47.3 Å². The van der Waals surface area contributed by atoms with E-state index in [9.17, 15) is 0 Å². The molecule has 0 spiro atoms. The molecule has 1 fully saturated rings. The van der Waals surface area contributed by atoms with Crippen LogP contribution in [0.1, 0.15) is 52.8 Å². The quantitative estimate of drug-likeness (QED) is 0.904. The molecule has 4 nitrogen and oxygen atoms in total. The van der Waals surface area contributed by atoms with E-state index < -0.39 is 0 Å². The van der Waals surface area contributed by atoms with Crippen molar-refractivity contribution in [3.8, 4) is 0 Å². The van der Waals surface area contributed by atoms with Crippen molar-refractivity contribution in [3.63, 3.8) is 0 Å². The van der Waals surface area contributed by atoms with Crippen LogP contribution in [0, 0.1) is 5.92 Å². The highest BCUT2D eigenvalue weighted by molar-refractivity contribution is 7.09. The van der Waals surface area contributed by atoms with E-state index in [-0.39, 0.29) is 5.41 Å². The van der Waals surface area contributed by atoms with Gasteiger partial charge in [0.1, 0.15) is 5.82 Å². The predicted octanol–water partition coefficient (Wildman–Crippen LogP) is 3.37. The van der Waals surface area contributed by atoms with E-state index in [4.69, 9.17) is 0 Å². The van der Waals surface area contributed by atoms with Crippen LogP contribution in [0.3, 0.4) is 0 Å². The van der Waals surface area contributed by atoms with Gasteiger partial charge in [0.15, 0.2) is 0 Å². The van der Waals surface area contributed by atoms with E-state index in [1.807, 2.05) is 0 Å². The van der Waals surface area contributed by atoms with E-state index in [1.54, 1.807) is 0 Å². The Morgan fingerprint density at radius 3 is 2.55 bits per heavy atom. The normalized spacial score (nSPS) is 18.4. The van der Waals surface area contributed by atoms with Gasteiger partial charge in [0, 0.05) is 23.5 Å². The van der Waals surface area contributed by atoms with Crippen molar-refractivity contribution in [3.05, 3.63) is 5.82 Å². The molecule has 1 N–H and O–H groups in total. The van der Waals surface area contributed by atoms with Crippen molar-refractivity contribution < 1.29 is 0 Å². The molecule has 1 aromatic heterocycles. The van der Waals surface area contributed by atoms with Crippen molar-refractivity contribution in [2.45, 2.75) is 52.4 Å². The predicted molar refractivity (Wildman–Crippen MR) is 86.6 cm³/mol. The number of likely N-dealkylation sites (tertiary alicyclic amines) is 1. The molecule has 1 aliphatic rings. The second kappa shape index (κ2) is 6.85. The van der Waals surface area contributed by atoms with E-state index in [0.717, 1.165) is 23.4 Å². The molecule has 1 aliphatic heterocycles. The molecule has 5 heteroatoms. The molecule has 20 heavy (non-hydrogen) atoms. The van der Waals surface area contributed by atoms with Crippen LogP contribution in [0.2, 0.25) is 0 Å². The second-order valence-corrected chi connectivity index (χ2v) is 7.52. The summed E-state index contributed by atoms with van der Waals surface area (Å²) in [6.45, 7) is 13.5. The zero-order valence-corrected chi connectivity index (χ0v) is 14.1. The van der Waals surface area contributed by atoms with Gasteiger partial charge in [-0.1, -0.05) is 27.7 Å². The largest absolute Gasteiger partial charge is 0.360 e. The number of anilines is 1. The van der Waals surface area contributed by atoms with Crippen LogP contribution < -0.4 is 5.32 Å². The Morgan fingerprint density at radius 1 is 1.30 bits per heavy atom. The molecule has 0 atom stereocenters. The number of nitrogens with one attached hydrogen (secondary N) is 1. The molecule has 2 heterocycles.